The van der Waals surface area contributed by atoms with Crippen LogP contribution in [0, 0.1) is 5.82 Å². The Morgan fingerprint density at radius 2 is 1.88 bits per heavy atom. The monoisotopic (exact) mass is 339 g/mol. The van der Waals surface area contributed by atoms with Crippen LogP contribution in [0.4, 0.5) is 4.39 Å². The lowest BCUT2D eigenvalue weighted by molar-refractivity contribution is 0.0779. The van der Waals surface area contributed by atoms with E-state index < -0.39 is 0 Å². The van der Waals surface area contributed by atoms with Gasteiger partial charge in [-0.15, -0.1) is 0 Å². The van der Waals surface area contributed by atoms with E-state index in [0.29, 0.717) is 24.5 Å². The van der Waals surface area contributed by atoms with Crippen molar-refractivity contribution in [2.45, 2.75) is 13.2 Å². The summed E-state index contributed by atoms with van der Waals surface area (Å²) in [6.07, 6.45) is 0. The number of aromatic nitrogens is 2. The van der Waals surface area contributed by atoms with Gasteiger partial charge in [-0.3, -0.25) is 9.89 Å². The third-order valence-electron chi connectivity index (χ3n) is 3.67. The van der Waals surface area contributed by atoms with Crippen LogP contribution in [0.25, 0.3) is 0 Å². The summed E-state index contributed by atoms with van der Waals surface area (Å²) >= 11 is 0. The Morgan fingerprint density at radius 1 is 1.16 bits per heavy atom. The zero-order valence-electron chi connectivity index (χ0n) is 13.8. The number of carbonyl (C=O) groups excluding carboxylic acids is 1. The molecule has 3 aromatic rings. The molecule has 0 saturated heterocycles. The van der Waals surface area contributed by atoms with E-state index in [9.17, 15) is 9.18 Å². The fourth-order valence-corrected chi connectivity index (χ4v) is 2.35. The quantitative estimate of drug-likeness (QED) is 0.749. The van der Waals surface area contributed by atoms with Crippen molar-refractivity contribution in [2.75, 3.05) is 7.05 Å². The van der Waals surface area contributed by atoms with E-state index in [2.05, 4.69) is 10.2 Å². The second-order valence-corrected chi connectivity index (χ2v) is 5.67. The molecule has 0 spiro atoms. The van der Waals surface area contributed by atoms with Crippen LogP contribution in [-0.2, 0) is 13.2 Å². The van der Waals surface area contributed by atoms with E-state index in [1.807, 2.05) is 30.3 Å². The predicted octanol–water partition coefficient (Wildman–Crippen LogP) is 3.40. The van der Waals surface area contributed by atoms with E-state index in [0.717, 1.165) is 11.3 Å². The van der Waals surface area contributed by atoms with Crippen LogP contribution in [0.5, 0.6) is 5.75 Å². The number of para-hydroxylation sites is 1. The number of rotatable bonds is 6. The molecule has 0 aliphatic carbocycles. The summed E-state index contributed by atoms with van der Waals surface area (Å²) in [5, 5.41) is 6.86. The summed E-state index contributed by atoms with van der Waals surface area (Å²) in [7, 11) is 1.68. The van der Waals surface area contributed by atoms with Crippen molar-refractivity contribution in [3.8, 4) is 5.75 Å². The first kappa shape index (κ1) is 16.7. The highest BCUT2D eigenvalue weighted by atomic mass is 19.1. The third-order valence-corrected chi connectivity index (χ3v) is 3.67. The zero-order chi connectivity index (χ0) is 17.6. The van der Waals surface area contributed by atoms with Crippen LogP contribution < -0.4 is 4.74 Å². The van der Waals surface area contributed by atoms with E-state index >= 15 is 0 Å². The number of carbonyl (C=O) groups is 1. The van der Waals surface area contributed by atoms with Gasteiger partial charge in [0.2, 0.25) is 0 Å². The first-order valence-electron chi connectivity index (χ1n) is 7.84. The van der Waals surface area contributed by atoms with Crippen molar-refractivity contribution in [3.05, 3.63) is 83.4 Å². The summed E-state index contributed by atoms with van der Waals surface area (Å²) in [6.45, 7) is 0.674. The van der Waals surface area contributed by atoms with E-state index in [4.69, 9.17) is 4.74 Å². The molecule has 0 aliphatic rings. The number of aromatic amines is 1. The van der Waals surface area contributed by atoms with Crippen LogP contribution in [0.15, 0.2) is 60.7 Å². The standard InChI is InChI=1S/C19H18FN3O2/c1-23(12-14-7-9-15(20)10-8-14)19(24)18-11-16(21-22-18)13-25-17-5-3-2-4-6-17/h2-11H,12-13H2,1H3,(H,21,22). The van der Waals surface area contributed by atoms with Crippen LogP contribution in [-0.4, -0.2) is 28.1 Å². The molecule has 5 nitrogen and oxygen atoms in total. The van der Waals surface area contributed by atoms with Gasteiger partial charge in [-0.05, 0) is 35.9 Å². The molecule has 0 unspecified atom stereocenters. The lowest BCUT2D eigenvalue weighted by Crippen LogP contribution is -2.26. The molecular weight excluding hydrogens is 321 g/mol. The van der Waals surface area contributed by atoms with Crippen LogP contribution in [0.2, 0.25) is 0 Å². The molecule has 0 atom stereocenters. The molecule has 1 N–H and O–H groups in total. The van der Waals surface area contributed by atoms with Crippen molar-refractivity contribution < 1.29 is 13.9 Å². The molecule has 0 aliphatic heterocycles. The van der Waals surface area contributed by atoms with Gasteiger partial charge in [0.15, 0.2) is 5.69 Å². The highest BCUT2D eigenvalue weighted by molar-refractivity contribution is 5.92. The second-order valence-electron chi connectivity index (χ2n) is 5.67. The number of hydrogen-bond acceptors (Lipinski definition) is 3. The van der Waals surface area contributed by atoms with Gasteiger partial charge in [-0.1, -0.05) is 30.3 Å². The lowest BCUT2D eigenvalue weighted by atomic mass is 10.2. The van der Waals surface area contributed by atoms with Crippen molar-refractivity contribution in [2.24, 2.45) is 0 Å². The van der Waals surface area contributed by atoms with Crippen molar-refractivity contribution in [1.82, 2.24) is 15.1 Å². The SMILES string of the molecule is CN(Cc1ccc(F)cc1)C(=O)c1cc(COc2ccccc2)[nH]n1. The molecule has 25 heavy (non-hydrogen) atoms. The highest BCUT2D eigenvalue weighted by Crippen LogP contribution is 2.12. The summed E-state index contributed by atoms with van der Waals surface area (Å²) in [4.78, 5) is 14.0. The number of nitrogens with zero attached hydrogens (tertiary/aromatic N) is 2. The maximum absolute atomic E-state index is 12.9. The Bertz CT molecular complexity index is 831. The smallest absolute Gasteiger partial charge is 0.274 e. The normalized spacial score (nSPS) is 10.5. The molecule has 1 aromatic heterocycles. The van der Waals surface area contributed by atoms with Crippen LogP contribution >= 0.6 is 0 Å². The maximum atomic E-state index is 12.9. The van der Waals surface area contributed by atoms with Gasteiger partial charge < -0.3 is 9.64 Å². The lowest BCUT2D eigenvalue weighted by Gasteiger charge is -2.15. The Balaban J connectivity index is 1.58. The van der Waals surface area contributed by atoms with Gasteiger partial charge in [-0.2, -0.15) is 5.10 Å². The summed E-state index contributed by atoms with van der Waals surface area (Å²) < 4.78 is 18.6. The number of H-pyrrole nitrogens is 1. The molecule has 1 amide bonds. The minimum atomic E-state index is -0.298. The number of benzene rings is 2. The van der Waals surface area contributed by atoms with E-state index in [-0.39, 0.29) is 11.7 Å². The number of nitrogens with one attached hydrogen (secondary N) is 1. The molecule has 0 fully saturated rings. The molecule has 6 heteroatoms. The number of amides is 1. The van der Waals surface area contributed by atoms with Gasteiger partial charge in [-0.25, -0.2) is 4.39 Å². The Labute approximate surface area is 145 Å². The Kier molecular flexibility index (Phi) is 5.09. The number of halogens is 1. The first-order valence-corrected chi connectivity index (χ1v) is 7.84. The first-order chi connectivity index (χ1) is 12.1. The van der Waals surface area contributed by atoms with E-state index in [1.165, 1.54) is 17.0 Å². The van der Waals surface area contributed by atoms with Crippen LogP contribution in [0.1, 0.15) is 21.7 Å². The largest absolute Gasteiger partial charge is 0.487 e. The molecule has 2 aromatic carbocycles. The summed E-state index contributed by atoms with van der Waals surface area (Å²) in [6, 6.07) is 17.2. The Morgan fingerprint density at radius 3 is 2.60 bits per heavy atom. The highest BCUT2D eigenvalue weighted by Gasteiger charge is 2.16. The summed E-state index contributed by atoms with van der Waals surface area (Å²) in [5.74, 6) is 0.234. The minimum absolute atomic E-state index is 0.216. The predicted molar refractivity (Wildman–Crippen MR) is 91.6 cm³/mol. The van der Waals surface area contributed by atoms with Gasteiger partial charge in [0, 0.05) is 13.6 Å². The summed E-state index contributed by atoms with van der Waals surface area (Å²) in [5.41, 5.74) is 1.87. The van der Waals surface area contributed by atoms with Gasteiger partial charge in [0.05, 0.1) is 5.69 Å². The van der Waals surface area contributed by atoms with Crippen molar-refractivity contribution in [1.29, 1.82) is 0 Å². The minimum Gasteiger partial charge on any atom is -0.487 e. The average Bonchev–Trinajstić information content (AvgIpc) is 3.11. The molecule has 3 rings (SSSR count). The molecule has 128 valence electrons. The zero-order valence-corrected chi connectivity index (χ0v) is 13.8. The fourth-order valence-electron chi connectivity index (χ4n) is 2.35. The number of hydrogen-bond donors (Lipinski definition) is 1. The molecule has 0 bridgehead atoms. The molecule has 0 saturated carbocycles. The molecule has 0 radical (unpaired) electrons. The van der Waals surface area contributed by atoms with Crippen LogP contribution in [0.3, 0.4) is 0 Å². The molecular formula is C19H18FN3O2. The fraction of sp³-hybridized carbons (Fsp3) is 0.158. The number of ether oxygens (including phenoxy) is 1. The van der Waals surface area contributed by atoms with E-state index in [1.54, 1.807) is 25.2 Å². The second kappa shape index (κ2) is 7.61. The molecule has 1 heterocycles. The van der Waals surface area contributed by atoms with Crippen molar-refractivity contribution >= 4 is 5.91 Å². The van der Waals surface area contributed by atoms with Gasteiger partial charge in [0.25, 0.3) is 5.91 Å². The topological polar surface area (TPSA) is 58.2 Å². The van der Waals surface area contributed by atoms with Gasteiger partial charge in [0.1, 0.15) is 18.2 Å². The maximum Gasteiger partial charge on any atom is 0.274 e. The third kappa shape index (κ3) is 4.44. The average molecular weight is 339 g/mol. The van der Waals surface area contributed by atoms with Crippen molar-refractivity contribution in [3.63, 3.8) is 0 Å². The Hall–Kier alpha value is -3.15. The van der Waals surface area contributed by atoms with Gasteiger partial charge >= 0.3 is 0 Å².